The molecule has 98 valence electrons. The SMILES string of the molecule is NC1(c2cccc(Oc3ccccc3)c2)CC1(F)F. The van der Waals surface area contributed by atoms with Crippen LogP contribution in [0.4, 0.5) is 8.78 Å². The lowest BCUT2D eigenvalue weighted by molar-refractivity contribution is 0.0891. The fraction of sp³-hybridized carbons (Fsp3) is 0.200. The number of hydrogen-bond donors (Lipinski definition) is 1. The number of ether oxygens (including phenoxy) is 1. The number of halogens is 2. The average Bonchev–Trinajstić information content (AvgIpc) is 2.92. The van der Waals surface area contributed by atoms with Gasteiger partial charge in [0.25, 0.3) is 5.92 Å². The molecule has 1 unspecified atom stereocenters. The molecule has 2 aromatic carbocycles. The van der Waals surface area contributed by atoms with E-state index in [9.17, 15) is 8.78 Å². The minimum absolute atomic E-state index is 0.311. The minimum Gasteiger partial charge on any atom is -0.457 e. The van der Waals surface area contributed by atoms with Crippen LogP contribution in [0.1, 0.15) is 12.0 Å². The van der Waals surface area contributed by atoms with Crippen molar-refractivity contribution < 1.29 is 13.5 Å². The van der Waals surface area contributed by atoms with Crippen molar-refractivity contribution in [3.05, 3.63) is 60.2 Å². The predicted octanol–water partition coefficient (Wildman–Crippen LogP) is 3.67. The van der Waals surface area contributed by atoms with E-state index < -0.39 is 11.5 Å². The first-order valence-corrected chi connectivity index (χ1v) is 6.01. The van der Waals surface area contributed by atoms with Gasteiger partial charge in [-0.05, 0) is 29.8 Å². The standard InChI is InChI=1S/C15H13F2NO/c16-15(17)10-14(15,18)11-5-4-8-13(9-11)19-12-6-2-1-3-7-12/h1-9H,10,18H2. The van der Waals surface area contributed by atoms with E-state index in [0.29, 0.717) is 17.1 Å². The van der Waals surface area contributed by atoms with Crippen LogP contribution < -0.4 is 10.5 Å². The Bertz CT molecular complexity index is 600. The number of hydrogen-bond acceptors (Lipinski definition) is 2. The van der Waals surface area contributed by atoms with Gasteiger partial charge < -0.3 is 10.5 Å². The van der Waals surface area contributed by atoms with Gasteiger partial charge in [-0.3, -0.25) is 0 Å². The van der Waals surface area contributed by atoms with Crippen LogP contribution in [0.2, 0.25) is 0 Å². The van der Waals surface area contributed by atoms with Gasteiger partial charge in [-0.15, -0.1) is 0 Å². The molecule has 19 heavy (non-hydrogen) atoms. The second-order valence-electron chi connectivity index (χ2n) is 4.80. The third-order valence-corrected chi connectivity index (χ3v) is 3.36. The van der Waals surface area contributed by atoms with Crippen molar-refractivity contribution in [2.75, 3.05) is 0 Å². The van der Waals surface area contributed by atoms with Crippen molar-refractivity contribution in [1.29, 1.82) is 0 Å². The molecular formula is C15H13F2NO. The largest absolute Gasteiger partial charge is 0.457 e. The lowest BCUT2D eigenvalue weighted by Crippen LogP contribution is -2.27. The first-order chi connectivity index (χ1) is 9.01. The summed E-state index contributed by atoms with van der Waals surface area (Å²) in [4.78, 5) is 0. The number of nitrogens with two attached hydrogens (primary N) is 1. The minimum atomic E-state index is -2.82. The first-order valence-electron chi connectivity index (χ1n) is 6.01. The summed E-state index contributed by atoms with van der Waals surface area (Å²) in [5, 5.41) is 0. The summed E-state index contributed by atoms with van der Waals surface area (Å²) in [7, 11) is 0. The van der Waals surface area contributed by atoms with E-state index in [0.717, 1.165) is 0 Å². The van der Waals surface area contributed by atoms with Crippen molar-refractivity contribution in [3.8, 4) is 11.5 Å². The molecule has 1 saturated carbocycles. The van der Waals surface area contributed by atoms with Crippen LogP contribution in [0, 0.1) is 0 Å². The molecule has 1 aliphatic carbocycles. The first kappa shape index (κ1) is 12.1. The fourth-order valence-corrected chi connectivity index (χ4v) is 2.08. The van der Waals surface area contributed by atoms with Crippen molar-refractivity contribution in [1.82, 2.24) is 0 Å². The van der Waals surface area contributed by atoms with Gasteiger partial charge in [0.1, 0.15) is 17.0 Å². The maximum atomic E-state index is 13.3. The molecule has 0 heterocycles. The topological polar surface area (TPSA) is 35.2 Å². The highest BCUT2D eigenvalue weighted by molar-refractivity contribution is 5.42. The zero-order chi connectivity index (χ0) is 13.5. The van der Waals surface area contributed by atoms with E-state index in [-0.39, 0.29) is 6.42 Å². The van der Waals surface area contributed by atoms with Crippen LogP contribution in [-0.2, 0) is 5.54 Å². The molecule has 1 aliphatic rings. The zero-order valence-corrected chi connectivity index (χ0v) is 10.1. The van der Waals surface area contributed by atoms with E-state index in [1.165, 1.54) is 0 Å². The lowest BCUT2D eigenvalue weighted by atomic mass is 10.1. The fourth-order valence-electron chi connectivity index (χ4n) is 2.08. The maximum absolute atomic E-state index is 13.3. The maximum Gasteiger partial charge on any atom is 0.272 e. The highest BCUT2D eigenvalue weighted by atomic mass is 19.3. The van der Waals surface area contributed by atoms with Crippen LogP contribution in [0.3, 0.4) is 0 Å². The molecule has 0 bridgehead atoms. The molecule has 4 heteroatoms. The van der Waals surface area contributed by atoms with Crippen molar-refractivity contribution in [3.63, 3.8) is 0 Å². The summed E-state index contributed by atoms with van der Waals surface area (Å²) in [5.41, 5.74) is 4.57. The molecule has 0 saturated heterocycles. The van der Waals surface area contributed by atoms with E-state index in [1.54, 1.807) is 36.4 Å². The quantitative estimate of drug-likeness (QED) is 0.914. The molecule has 1 atom stereocenters. The normalized spacial score (nSPS) is 23.9. The molecule has 0 amide bonds. The molecule has 2 aromatic rings. The van der Waals surface area contributed by atoms with E-state index in [1.807, 2.05) is 18.2 Å². The number of benzene rings is 2. The molecular weight excluding hydrogens is 248 g/mol. The Morgan fingerprint density at radius 2 is 1.58 bits per heavy atom. The molecule has 0 aliphatic heterocycles. The summed E-state index contributed by atoms with van der Waals surface area (Å²) in [5.74, 6) is -1.65. The zero-order valence-electron chi connectivity index (χ0n) is 10.1. The molecule has 2 nitrogen and oxygen atoms in total. The third-order valence-electron chi connectivity index (χ3n) is 3.36. The van der Waals surface area contributed by atoms with Crippen LogP contribution in [0.15, 0.2) is 54.6 Å². The Morgan fingerprint density at radius 1 is 0.947 bits per heavy atom. The molecule has 0 radical (unpaired) electrons. The molecule has 3 rings (SSSR count). The lowest BCUT2D eigenvalue weighted by Gasteiger charge is -2.12. The molecule has 0 spiro atoms. The monoisotopic (exact) mass is 261 g/mol. The average molecular weight is 261 g/mol. The van der Waals surface area contributed by atoms with Gasteiger partial charge in [-0.1, -0.05) is 30.3 Å². The Labute approximate surface area is 109 Å². The van der Waals surface area contributed by atoms with E-state index in [2.05, 4.69) is 0 Å². The number of rotatable bonds is 3. The van der Waals surface area contributed by atoms with Crippen LogP contribution in [-0.4, -0.2) is 5.92 Å². The second kappa shape index (κ2) is 4.03. The van der Waals surface area contributed by atoms with Crippen LogP contribution >= 0.6 is 0 Å². The third kappa shape index (κ3) is 2.08. The van der Waals surface area contributed by atoms with Crippen molar-refractivity contribution in [2.45, 2.75) is 17.9 Å². The van der Waals surface area contributed by atoms with Gasteiger partial charge in [0, 0.05) is 6.42 Å². The van der Waals surface area contributed by atoms with Gasteiger partial charge in [-0.2, -0.15) is 0 Å². The highest BCUT2D eigenvalue weighted by Gasteiger charge is 2.69. The molecule has 2 N–H and O–H groups in total. The van der Waals surface area contributed by atoms with Crippen molar-refractivity contribution >= 4 is 0 Å². The molecule has 0 aromatic heterocycles. The van der Waals surface area contributed by atoms with E-state index >= 15 is 0 Å². The van der Waals surface area contributed by atoms with Crippen LogP contribution in [0.25, 0.3) is 0 Å². The smallest absolute Gasteiger partial charge is 0.272 e. The summed E-state index contributed by atoms with van der Waals surface area (Å²) < 4.78 is 32.1. The van der Waals surface area contributed by atoms with Gasteiger partial charge in [-0.25, -0.2) is 8.78 Å². The summed E-state index contributed by atoms with van der Waals surface area (Å²) in [6.07, 6.45) is -0.311. The van der Waals surface area contributed by atoms with Crippen LogP contribution in [0.5, 0.6) is 11.5 Å². The Morgan fingerprint density at radius 3 is 2.21 bits per heavy atom. The Kier molecular flexibility index (Phi) is 2.57. The Hall–Kier alpha value is -1.94. The summed E-state index contributed by atoms with van der Waals surface area (Å²) in [6.45, 7) is 0. The van der Waals surface area contributed by atoms with Crippen molar-refractivity contribution in [2.24, 2.45) is 5.73 Å². The van der Waals surface area contributed by atoms with Gasteiger partial charge in [0.2, 0.25) is 0 Å². The molecule has 1 fully saturated rings. The van der Waals surface area contributed by atoms with Gasteiger partial charge in [0.05, 0.1) is 0 Å². The van der Waals surface area contributed by atoms with Gasteiger partial charge >= 0.3 is 0 Å². The van der Waals surface area contributed by atoms with E-state index in [4.69, 9.17) is 10.5 Å². The highest BCUT2D eigenvalue weighted by Crippen LogP contribution is 2.57. The second-order valence-corrected chi connectivity index (χ2v) is 4.80. The summed E-state index contributed by atoms with van der Waals surface area (Å²) >= 11 is 0. The van der Waals surface area contributed by atoms with Gasteiger partial charge in [0.15, 0.2) is 0 Å². The predicted molar refractivity (Wildman–Crippen MR) is 68.4 cm³/mol. The number of para-hydroxylation sites is 1. The summed E-state index contributed by atoms with van der Waals surface area (Å²) in [6, 6.07) is 15.8. The Balaban J connectivity index is 1.86. The number of alkyl halides is 2.